The van der Waals surface area contributed by atoms with E-state index in [9.17, 15) is 15.2 Å². The van der Waals surface area contributed by atoms with E-state index < -0.39 is 0 Å². The van der Waals surface area contributed by atoms with Crippen LogP contribution in [0.5, 0.6) is 0 Å². The number of nitrogens with zero attached hydrogens (tertiary/aromatic N) is 2. The Morgan fingerprint density at radius 2 is 2.14 bits per heavy atom. The van der Waals surface area contributed by atoms with Gasteiger partial charge in [-0.3, -0.25) is 15.0 Å². The first-order valence-corrected chi connectivity index (χ1v) is 7.46. The van der Waals surface area contributed by atoms with E-state index in [0.29, 0.717) is 24.8 Å². The quantitative estimate of drug-likeness (QED) is 0.596. The predicted molar refractivity (Wildman–Crippen MR) is 82.4 cm³/mol. The van der Waals surface area contributed by atoms with Crippen molar-refractivity contribution in [3.8, 4) is 0 Å². The Labute approximate surface area is 124 Å². The number of aliphatic hydroxyl groups is 1. The van der Waals surface area contributed by atoms with E-state index in [0.717, 1.165) is 18.4 Å². The van der Waals surface area contributed by atoms with Gasteiger partial charge in [0, 0.05) is 32.2 Å². The summed E-state index contributed by atoms with van der Waals surface area (Å²) in [5, 5.41) is 23.3. The molecule has 0 unspecified atom stereocenters. The SMILES string of the molecule is CNc1c(CN(CCO)C2CCCC2)cccc1[N+](=O)[O-]. The first-order valence-electron chi connectivity index (χ1n) is 7.46. The summed E-state index contributed by atoms with van der Waals surface area (Å²) >= 11 is 0. The fraction of sp³-hybridized carbons (Fsp3) is 0.600. The van der Waals surface area contributed by atoms with E-state index in [2.05, 4.69) is 10.2 Å². The Bertz CT molecular complexity index is 487. The van der Waals surface area contributed by atoms with Crippen LogP contribution < -0.4 is 5.32 Å². The van der Waals surface area contributed by atoms with Gasteiger partial charge in [-0.2, -0.15) is 0 Å². The van der Waals surface area contributed by atoms with Crippen LogP contribution in [0.25, 0.3) is 0 Å². The van der Waals surface area contributed by atoms with Gasteiger partial charge in [0.05, 0.1) is 11.5 Å². The third kappa shape index (κ3) is 3.71. The Kier molecular flexibility index (Phi) is 5.52. The molecular weight excluding hydrogens is 270 g/mol. The maximum Gasteiger partial charge on any atom is 0.292 e. The minimum Gasteiger partial charge on any atom is -0.395 e. The molecule has 0 heterocycles. The highest BCUT2D eigenvalue weighted by Crippen LogP contribution is 2.31. The van der Waals surface area contributed by atoms with Crippen LogP contribution in [0.15, 0.2) is 18.2 Å². The maximum atomic E-state index is 11.1. The summed E-state index contributed by atoms with van der Waals surface area (Å²) in [4.78, 5) is 13.0. The number of para-hydroxylation sites is 1. The van der Waals surface area contributed by atoms with Crippen molar-refractivity contribution >= 4 is 11.4 Å². The summed E-state index contributed by atoms with van der Waals surface area (Å²) in [7, 11) is 1.71. The van der Waals surface area contributed by atoms with Gasteiger partial charge in [-0.05, 0) is 18.4 Å². The topological polar surface area (TPSA) is 78.6 Å². The highest BCUT2D eigenvalue weighted by atomic mass is 16.6. The normalized spacial score (nSPS) is 15.6. The first kappa shape index (κ1) is 15.7. The number of rotatable bonds is 7. The van der Waals surface area contributed by atoms with E-state index in [1.54, 1.807) is 13.1 Å². The van der Waals surface area contributed by atoms with Crippen molar-refractivity contribution in [2.75, 3.05) is 25.5 Å². The van der Waals surface area contributed by atoms with Gasteiger partial charge in [0.25, 0.3) is 5.69 Å². The van der Waals surface area contributed by atoms with Gasteiger partial charge < -0.3 is 10.4 Å². The maximum absolute atomic E-state index is 11.1. The van der Waals surface area contributed by atoms with Crippen molar-refractivity contribution in [1.82, 2.24) is 4.90 Å². The lowest BCUT2D eigenvalue weighted by atomic mass is 10.1. The van der Waals surface area contributed by atoms with Crippen molar-refractivity contribution in [2.24, 2.45) is 0 Å². The number of aliphatic hydroxyl groups excluding tert-OH is 1. The molecule has 116 valence electrons. The molecule has 0 bridgehead atoms. The van der Waals surface area contributed by atoms with Crippen molar-refractivity contribution in [3.05, 3.63) is 33.9 Å². The summed E-state index contributed by atoms with van der Waals surface area (Å²) in [6.45, 7) is 1.35. The standard InChI is InChI=1S/C15H23N3O3/c1-16-15-12(5-4-8-14(15)18(20)21)11-17(9-10-19)13-6-2-3-7-13/h4-5,8,13,16,19H,2-3,6-7,9-11H2,1H3. The van der Waals surface area contributed by atoms with E-state index in [1.165, 1.54) is 18.9 Å². The molecule has 1 aromatic carbocycles. The molecule has 0 saturated heterocycles. The molecule has 6 heteroatoms. The minimum atomic E-state index is -0.360. The van der Waals surface area contributed by atoms with Gasteiger partial charge >= 0.3 is 0 Å². The zero-order chi connectivity index (χ0) is 15.2. The molecule has 1 fully saturated rings. The Morgan fingerprint density at radius 1 is 1.43 bits per heavy atom. The lowest BCUT2D eigenvalue weighted by Gasteiger charge is -2.28. The van der Waals surface area contributed by atoms with Crippen molar-refractivity contribution in [3.63, 3.8) is 0 Å². The van der Waals surface area contributed by atoms with Crippen LogP contribution >= 0.6 is 0 Å². The molecule has 1 aromatic rings. The van der Waals surface area contributed by atoms with Crippen molar-refractivity contribution < 1.29 is 10.0 Å². The molecular formula is C15H23N3O3. The summed E-state index contributed by atoms with van der Waals surface area (Å²) < 4.78 is 0. The molecule has 6 nitrogen and oxygen atoms in total. The summed E-state index contributed by atoms with van der Waals surface area (Å²) in [5.74, 6) is 0. The van der Waals surface area contributed by atoms with Gasteiger partial charge in [-0.25, -0.2) is 0 Å². The summed E-state index contributed by atoms with van der Waals surface area (Å²) in [6.07, 6.45) is 4.73. The molecule has 1 saturated carbocycles. The van der Waals surface area contributed by atoms with Gasteiger partial charge in [0.2, 0.25) is 0 Å². The van der Waals surface area contributed by atoms with Gasteiger partial charge in [0.1, 0.15) is 5.69 Å². The Morgan fingerprint density at radius 3 is 2.71 bits per heavy atom. The number of nitro groups is 1. The Balaban J connectivity index is 2.23. The van der Waals surface area contributed by atoms with Gasteiger partial charge in [-0.15, -0.1) is 0 Å². The lowest BCUT2D eigenvalue weighted by Crippen LogP contribution is -2.35. The number of benzene rings is 1. The fourth-order valence-electron chi connectivity index (χ4n) is 3.17. The molecule has 0 spiro atoms. The highest BCUT2D eigenvalue weighted by Gasteiger charge is 2.24. The number of nitro benzene ring substituents is 1. The average Bonchev–Trinajstić information content (AvgIpc) is 3.00. The van der Waals surface area contributed by atoms with Crippen LogP contribution in [0.2, 0.25) is 0 Å². The number of nitrogens with one attached hydrogen (secondary N) is 1. The number of hydrogen-bond donors (Lipinski definition) is 2. The van der Waals surface area contributed by atoms with Crippen LogP contribution in [0.4, 0.5) is 11.4 Å². The van der Waals surface area contributed by atoms with Crippen LogP contribution in [0.3, 0.4) is 0 Å². The van der Waals surface area contributed by atoms with Crippen LogP contribution in [-0.2, 0) is 6.54 Å². The Hall–Kier alpha value is -1.66. The zero-order valence-corrected chi connectivity index (χ0v) is 12.4. The molecule has 2 N–H and O–H groups in total. The second kappa shape index (κ2) is 7.38. The largest absolute Gasteiger partial charge is 0.395 e. The predicted octanol–water partition coefficient (Wildman–Crippen LogP) is 2.37. The molecule has 0 amide bonds. The monoisotopic (exact) mass is 293 g/mol. The molecule has 0 atom stereocenters. The molecule has 0 aliphatic heterocycles. The summed E-state index contributed by atoms with van der Waals surface area (Å²) in [5.41, 5.74) is 1.58. The minimum absolute atomic E-state index is 0.102. The van der Waals surface area contributed by atoms with Crippen molar-refractivity contribution in [1.29, 1.82) is 0 Å². The fourth-order valence-corrected chi connectivity index (χ4v) is 3.17. The van der Waals surface area contributed by atoms with E-state index >= 15 is 0 Å². The summed E-state index contributed by atoms with van der Waals surface area (Å²) in [6, 6.07) is 5.63. The molecule has 1 aliphatic rings. The third-order valence-corrected chi connectivity index (χ3v) is 4.18. The molecule has 0 aromatic heterocycles. The van der Waals surface area contributed by atoms with Crippen LogP contribution in [-0.4, -0.2) is 41.2 Å². The lowest BCUT2D eigenvalue weighted by molar-refractivity contribution is -0.384. The molecule has 1 aliphatic carbocycles. The molecule has 21 heavy (non-hydrogen) atoms. The van der Waals surface area contributed by atoms with E-state index in [1.807, 2.05) is 6.07 Å². The van der Waals surface area contributed by atoms with E-state index in [4.69, 9.17) is 0 Å². The second-order valence-corrected chi connectivity index (χ2v) is 5.45. The van der Waals surface area contributed by atoms with E-state index in [-0.39, 0.29) is 17.2 Å². The average molecular weight is 293 g/mol. The second-order valence-electron chi connectivity index (χ2n) is 5.45. The molecule has 0 radical (unpaired) electrons. The third-order valence-electron chi connectivity index (χ3n) is 4.18. The van der Waals surface area contributed by atoms with Crippen LogP contribution in [0.1, 0.15) is 31.2 Å². The van der Waals surface area contributed by atoms with Crippen molar-refractivity contribution in [2.45, 2.75) is 38.3 Å². The first-order chi connectivity index (χ1) is 10.2. The zero-order valence-electron chi connectivity index (χ0n) is 12.4. The van der Waals surface area contributed by atoms with Gasteiger partial charge in [-0.1, -0.05) is 25.0 Å². The van der Waals surface area contributed by atoms with Gasteiger partial charge in [0.15, 0.2) is 0 Å². The molecule has 2 rings (SSSR count). The number of anilines is 1. The smallest absolute Gasteiger partial charge is 0.292 e. The highest BCUT2D eigenvalue weighted by molar-refractivity contribution is 5.66. The number of hydrogen-bond acceptors (Lipinski definition) is 5. The van der Waals surface area contributed by atoms with Crippen LogP contribution in [0, 0.1) is 10.1 Å².